The fourth-order valence-corrected chi connectivity index (χ4v) is 1.85. The highest BCUT2D eigenvalue weighted by atomic mass is 32.1. The lowest BCUT2D eigenvalue weighted by Gasteiger charge is -2.20. The molecule has 0 amide bonds. The van der Waals surface area contributed by atoms with Gasteiger partial charge in [0.15, 0.2) is 0 Å². The number of anilines is 2. The highest BCUT2D eigenvalue weighted by Gasteiger charge is 2.06. The maximum atomic E-state index is 5.58. The van der Waals surface area contributed by atoms with Crippen molar-refractivity contribution in [3.05, 3.63) is 48.2 Å². The van der Waals surface area contributed by atoms with Crippen LogP contribution in [-0.2, 0) is 0 Å². The van der Waals surface area contributed by atoms with E-state index in [2.05, 4.69) is 4.98 Å². The largest absolute Gasteiger partial charge is 0.481 e. The van der Waals surface area contributed by atoms with E-state index in [1.807, 2.05) is 48.3 Å². The van der Waals surface area contributed by atoms with Crippen LogP contribution in [0.1, 0.15) is 5.56 Å². The predicted octanol–water partition coefficient (Wildman–Crippen LogP) is 2.49. The lowest BCUT2D eigenvalue weighted by molar-refractivity contribution is 0.398. The average Bonchev–Trinajstić information content (AvgIpc) is 2.46. The second-order valence-electron chi connectivity index (χ2n) is 4.03. The van der Waals surface area contributed by atoms with E-state index in [9.17, 15) is 0 Å². The third-order valence-electron chi connectivity index (χ3n) is 2.85. The average molecular weight is 273 g/mol. The smallest absolute Gasteiger partial charge is 0.214 e. The van der Waals surface area contributed by atoms with Gasteiger partial charge in [-0.2, -0.15) is 0 Å². The first-order valence-corrected chi connectivity index (χ1v) is 6.16. The Hall–Kier alpha value is -2.14. The van der Waals surface area contributed by atoms with Gasteiger partial charge in [-0.25, -0.2) is 4.98 Å². The lowest BCUT2D eigenvalue weighted by Crippen LogP contribution is -2.12. The third kappa shape index (κ3) is 3.00. The molecular weight excluding hydrogens is 258 g/mol. The quantitative estimate of drug-likeness (QED) is 0.867. The normalized spacial score (nSPS) is 10.0. The van der Waals surface area contributed by atoms with Gasteiger partial charge in [0, 0.05) is 36.2 Å². The van der Waals surface area contributed by atoms with Crippen LogP contribution in [0.25, 0.3) is 0 Å². The summed E-state index contributed by atoms with van der Waals surface area (Å²) >= 11 is 4.94. The summed E-state index contributed by atoms with van der Waals surface area (Å²) in [7, 11) is 3.58. The van der Waals surface area contributed by atoms with E-state index < -0.39 is 0 Å². The van der Waals surface area contributed by atoms with Crippen LogP contribution in [0.15, 0.2) is 42.6 Å². The van der Waals surface area contributed by atoms with Gasteiger partial charge in [-0.1, -0.05) is 12.2 Å². The summed E-state index contributed by atoms with van der Waals surface area (Å²) in [5, 5.41) is 0. The standard InChI is InChI=1S/C14H15N3OS/c1-17(12-7-8-16-13(9-12)18-2)11-5-3-10(4-6-11)14(15)19/h3-9H,1-2H3,(H2,15,19). The van der Waals surface area contributed by atoms with Crippen molar-refractivity contribution in [1.82, 2.24) is 4.98 Å². The van der Waals surface area contributed by atoms with E-state index >= 15 is 0 Å². The summed E-state index contributed by atoms with van der Waals surface area (Å²) in [5.74, 6) is 0.587. The van der Waals surface area contributed by atoms with Crippen molar-refractivity contribution in [3.8, 4) is 5.88 Å². The molecule has 0 aliphatic heterocycles. The minimum absolute atomic E-state index is 0.403. The van der Waals surface area contributed by atoms with E-state index in [1.54, 1.807) is 13.3 Å². The first-order chi connectivity index (χ1) is 9.11. The van der Waals surface area contributed by atoms with Crippen molar-refractivity contribution in [2.75, 3.05) is 19.1 Å². The van der Waals surface area contributed by atoms with Crippen LogP contribution < -0.4 is 15.4 Å². The van der Waals surface area contributed by atoms with E-state index in [1.165, 1.54) is 0 Å². The van der Waals surface area contributed by atoms with Crippen molar-refractivity contribution in [2.45, 2.75) is 0 Å². The Balaban J connectivity index is 2.27. The zero-order valence-corrected chi connectivity index (χ0v) is 11.6. The Kier molecular flexibility index (Phi) is 3.97. The van der Waals surface area contributed by atoms with Crippen molar-refractivity contribution >= 4 is 28.6 Å². The molecule has 0 spiro atoms. The maximum Gasteiger partial charge on any atom is 0.214 e. The van der Waals surface area contributed by atoms with Crippen LogP contribution >= 0.6 is 12.2 Å². The van der Waals surface area contributed by atoms with Gasteiger partial charge in [0.1, 0.15) is 4.99 Å². The molecule has 0 saturated carbocycles. The lowest BCUT2D eigenvalue weighted by atomic mass is 10.2. The van der Waals surface area contributed by atoms with Gasteiger partial charge in [0.05, 0.1) is 7.11 Å². The van der Waals surface area contributed by atoms with Crippen molar-refractivity contribution in [2.24, 2.45) is 5.73 Å². The molecule has 0 aliphatic carbocycles. The number of ether oxygens (including phenoxy) is 1. The van der Waals surface area contributed by atoms with Gasteiger partial charge >= 0.3 is 0 Å². The predicted molar refractivity (Wildman–Crippen MR) is 81.2 cm³/mol. The molecule has 2 N–H and O–H groups in total. The number of benzene rings is 1. The zero-order chi connectivity index (χ0) is 13.8. The number of nitrogens with two attached hydrogens (primary N) is 1. The summed E-state index contributed by atoms with van der Waals surface area (Å²) in [6, 6.07) is 11.6. The van der Waals surface area contributed by atoms with Crippen LogP contribution in [0.4, 0.5) is 11.4 Å². The van der Waals surface area contributed by atoms with Gasteiger partial charge in [0.25, 0.3) is 0 Å². The highest BCUT2D eigenvalue weighted by Crippen LogP contribution is 2.25. The number of hydrogen-bond acceptors (Lipinski definition) is 4. The molecule has 0 aliphatic rings. The summed E-state index contributed by atoms with van der Waals surface area (Å²) < 4.78 is 5.12. The number of thiocarbonyl (C=S) groups is 1. The van der Waals surface area contributed by atoms with E-state index in [4.69, 9.17) is 22.7 Å². The Bertz CT molecular complexity index is 583. The highest BCUT2D eigenvalue weighted by molar-refractivity contribution is 7.80. The molecule has 98 valence electrons. The minimum atomic E-state index is 0.403. The summed E-state index contributed by atoms with van der Waals surface area (Å²) in [5.41, 5.74) is 8.47. The second kappa shape index (κ2) is 5.67. The fourth-order valence-electron chi connectivity index (χ4n) is 1.72. The number of pyridine rings is 1. The molecule has 1 aromatic heterocycles. The molecule has 2 rings (SSSR count). The topological polar surface area (TPSA) is 51.4 Å². The van der Waals surface area contributed by atoms with Crippen molar-refractivity contribution in [1.29, 1.82) is 0 Å². The number of rotatable bonds is 4. The number of methoxy groups -OCH3 is 1. The van der Waals surface area contributed by atoms with Crippen LogP contribution in [0, 0.1) is 0 Å². The van der Waals surface area contributed by atoms with Crippen molar-refractivity contribution < 1.29 is 4.74 Å². The number of nitrogens with zero attached hydrogens (tertiary/aromatic N) is 2. The summed E-state index contributed by atoms with van der Waals surface area (Å²) in [4.78, 5) is 6.53. The van der Waals surface area contributed by atoms with Gasteiger partial charge in [-0.05, 0) is 30.3 Å². The molecule has 0 fully saturated rings. The van der Waals surface area contributed by atoms with Crippen LogP contribution in [-0.4, -0.2) is 24.1 Å². The second-order valence-corrected chi connectivity index (χ2v) is 4.47. The van der Waals surface area contributed by atoms with E-state index in [0.29, 0.717) is 10.9 Å². The molecule has 5 heteroatoms. The Labute approximate surface area is 117 Å². The number of hydrogen-bond donors (Lipinski definition) is 1. The molecule has 0 unspecified atom stereocenters. The third-order valence-corrected chi connectivity index (χ3v) is 3.09. The van der Waals surface area contributed by atoms with Crippen LogP contribution in [0.2, 0.25) is 0 Å². The molecule has 0 saturated heterocycles. The maximum absolute atomic E-state index is 5.58. The number of aromatic nitrogens is 1. The van der Waals surface area contributed by atoms with Gasteiger partial charge in [-0.15, -0.1) is 0 Å². The monoisotopic (exact) mass is 273 g/mol. The first kappa shape index (κ1) is 13.3. The Morgan fingerprint density at radius 3 is 2.47 bits per heavy atom. The van der Waals surface area contributed by atoms with Gasteiger partial charge < -0.3 is 15.4 Å². The molecule has 0 atom stereocenters. The molecule has 2 aromatic rings. The van der Waals surface area contributed by atoms with Gasteiger partial charge in [0.2, 0.25) is 5.88 Å². The molecule has 1 aromatic carbocycles. The molecule has 4 nitrogen and oxygen atoms in total. The molecule has 19 heavy (non-hydrogen) atoms. The summed E-state index contributed by atoms with van der Waals surface area (Å²) in [6.07, 6.45) is 1.72. The van der Waals surface area contributed by atoms with E-state index in [-0.39, 0.29) is 0 Å². The fraction of sp³-hybridized carbons (Fsp3) is 0.143. The molecule has 0 bridgehead atoms. The van der Waals surface area contributed by atoms with Crippen molar-refractivity contribution in [3.63, 3.8) is 0 Å². The van der Waals surface area contributed by atoms with Crippen LogP contribution in [0.5, 0.6) is 5.88 Å². The molecule has 1 heterocycles. The molecular formula is C14H15N3OS. The van der Waals surface area contributed by atoms with Crippen LogP contribution in [0.3, 0.4) is 0 Å². The summed E-state index contributed by atoms with van der Waals surface area (Å²) in [6.45, 7) is 0. The Morgan fingerprint density at radius 2 is 1.89 bits per heavy atom. The zero-order valence-electron chi connectivity index (χ0n) is 10.8. The van der Waals surface area contributed by atoms with E-state index in [0.717, 1.165) is 16.9 Å². The SMILES string of the molecule is COc1cc(N(C)c2ccc(C(N)=S)cc2)ccn1. The minimum Gasteiger partial charge on any atom is -0.481 e. The van der Waals surface area contributed by atoms with Gasteiger partial charge in [-0.3, -0.25) is 0 Å². The first-order valence-electron chi connectivity index (χ1n) is 5.75. The Morgan fingerprint density at radius 1 is 1.21 bits per heavy atom. The molecule has 0 radical (unpaired) electrons.